The summed E-state index contributed by atoms with van der Waals surface area (Å²) < 4.78 is 26.1. The predicted molar refractivity (Wildman–Crippen MR) is 148 cm³/mol. The molecule has 2 heterocycles. The molecule has 2 aliphatic heterocycles. The SMILES string of the molecule is CCCCN1C(=O)[C@]2(C(=C(O)c3ccc(S(=O)(=O)N(C)C)cc3)C(=O)C(=O)N2CCN(C)C)c2ccccc21. The Morgan fingerprint density at radius 1 is 0.949 bits per heavy atom. The predicted octanol–water partition coefficient (Wildman–Crippen LogP) is 2.22. The summed E-state index contributed by atoms with van der Waals surface area (Å²) in [4.78, 5) is 46.2. The number of carbonyl (C=O) groups excluding carboxylic acids is 3. The lowest BCUT2D eigenvalue weighted by Gasteiger charge is -2.35. The van der Waals surface area contributed by atoms with Crippen LogP contribution in [0.4, 0.5) is 5.69 Å². The topological polar surface area (TPSA) is 119 Å². The van der Waals surface area contributed by atoms with Crippen molar-refractivity contribution in [1.29, 1.82) is 0 Å². The van der Waals surface area contributed by atoms with Crippen LogP contribution >= 0.6 is 0 Å². The summed E-state index contributed by atoms with van der Waals surface area (Å²) in [5, 5.41) is 11.6. The summed E-state index contributed by atoms with van der Waals surface area (Å²) >= 11 is 0. The molecule has 0 bridgehead atoms. The molecular weight excluding hydrogens is 520 g/mol. The van der Waals surface area contributed by atoms with Gasteiger partial charge in [-0.2, -0.15) is 0 Å². The number of aliphatic hydroxyl groups excluding tert-OH is 1. The number of fused-ring (bicyclic) bond motifs is 2. The average molecular weight is 555 g/mol. The van der Waals surface area contributed by atoms with E-state index >= 15 is 0 Å². The van der Waals surface area contributed by atoms with Gasteiger partial charge in [0.2, 0.25) is 10.0 Å². The molecule has 0 aliphatic carbocycles. The summed E-state index contributed by atoms with van der Waals surface area (Å²) in [7, 11) is 2.74. The number of sulfonamides is 1. The lowest BCUT2D eigenvalue weighted by Crippen LogP contribution is -2.53. The van der Waals surface area contributed by atoms with Crippen LogP contribution in [-0.2, 0) is 29.9 Å². The Labute approximate surface area is 229 Å². The van der Waals surface area contributed by atoms with Gasteiger partial charge < -0.3 is 19.8 Å². The fourth-order valence-corrected chi connectivity index (χ4v) is 6.05. The molecule has 0 aromatic heterocycles. The van der Waals surface area contributed by atoms with Crippen LogP contribution in [0.5, 0.6) is 0 Å². The van der Waals surface area contributed by atoms with Gasteiger partial charge in [0.25, 0.3) is 17.6 Å². The number of unbranched alkanes of at least 4 members (excludes halogenated alkanes) is 1. The first-order valence-corrected chi connectivity index (χ1v) is 14.2. The van der Waals surface area contributed by atoms with Gasteiger partial charge in [-0.25, -0.2) is 12.7 Å². The first-order valence-electron chi connectivity index (χ1n) is 12.8. The number of likely N-dealkylation sites (N-methyl/N-ethyl adjacent to an activating group) is 1. The van der Waals surface area contributed by atoms with Crippen molar-refractivity contribution in [3.8, 4) is 0 Å². The minimum Gasteiger partial charge on any atom is -0.507 e. The van der Waals surface area contributed by atoms with E-state index < -0.39 is 38.9 Å². The van der Waals surface area contributed by atoms with Crippen LogP contribution in [0.25, 0.3) is 5.76 Å². The zero-order valence-corrected chi connectivity index (χ0v) is 23.7. The second-order valence-electron chi connectivity index (χ2n) is 10.2. The molecule has 1 fully saturated rings. The Balaban J connectivity index is 1.97. The molecule has 0 unspecified atom stereocenters. The lowest BCUT2D eigenvalue weighted by atomic mass is 9.82. The monoisotopic (exact) mass is 554 g/mol. The number of hydrogen-bond donors (Lipinski definition) is 1. The molecule has 2 aromatic rings. The molecule has 0 saturated carbocycles. The van der Waals surface area contributed by atoms with Crippen LogP contribution in [0.15, 0.2) is 59.0 Å². The van der Waals surface area contributed by atoms with E-state index in [1.165, 1.54) is 43.3 Å². The minimum atomic E-state index is -3.73. The van der Waals surface area contributed by atoms with Crippen LogP contribution in [-0.4, -0.2) is 93.1 Å². The molecule has 208 valence electrons. The van der Waals surface area contributed by atoms with Gasteiger partial charge in [0.1, 0.15) is 5.76 Å². The standard InChI is InChI=1S/C28H34N4O6S/c1-6-7-16-31-22-11-9-8-10-21(22)28(27(31)36)23(25(34)26(35)32(28)18-17-29(2)3)24(33)19-12-14-20(15-13-19)39(37,38)30(4)5/h8-15,33H,6-7,16-18H2,1-5H3/t28-/m1/s1. The van der Waals surface area contributed by atoms with Crippen LogP contribution < -0.4 is 4.90 Å². The number of para-hydroxylation sites is 1. The normalized spacial score (nSPS) is 20.6. The molecule has 2 amide bonds. The van der Waals surface area contributed by atoms with E-state index in [9.17, 15) is 27.9 Å². The number of rotatable bonds is 9. The highest BCUT2D eigenvalue weighted by molar-refractivity contribution is 7.89. The average Bonchev–Trinajstić information content (AvgIpc) is 3.28. The van der Waals surface area contributed by atoms with Crippen LogP contribution in [0.1, 0.15) is 30.9 Å². The maximum atomic E-state index is 14.4. The molecule has 2 aromatic carbocycles. The highest BCUT2D eigenvalue weighted by Crippen LogP contribution is 2.53. The van der Waals surface area contributed by atoms with Crippen molar-refractivity contribution in [3.63, 3.8) is 0 Å². The number of carbonyl (C=O) groups is 3. The van der Waals surface area contributed by atoms with Crippen molar-refractivity contribution in [1.82, 2.24) is 14.1 Å². The third kappa shape index (κ3) is 4.44. The summed E-state index contributed by atoms with van der Waals surface area (Å²) in [5.41, 5.74) is -0.989. The lowest BCUT2D eigenvalue weighted by molar-refractivity contribution is -0.143. The number of nitrogens with zero attached hydrogens (tertiary/aromatic N) is 4. The Hall–Kier alpha value is -3.54. The molecular formula is C28H34N4O6S. The number of aliphatic hydroxyl groups is 1. The molecule has 11 heteroatoms. The van der Waals surface area contributed by atoms with Gasteiger partial charge in [-0.1, -0.05) is 31.5 Å². The highest BCUT2D eigenvalue weighted by Gasteiger charge is 2.66. The fraction of sp³-hybridized carbons (Fsp3) is 0.393. The third-order valence-electron chi connectivity index (χ3n) is 7.22. The van der Waals surface area contributed by atoms with E-state index in [1.807, 2.05) is 25.9 Å². The van der Waals surface area contributed by atoms with E-state index in [1.54, 1.807) is 29.2 Å². The second kappa shape index (κ2) is 10.6. The molecule has 1 saturated heterocycles. The van der Waals surface area contributed by atoms with E-state index in [2.05, 4.69) is 0 Å². The molecule has 10 nitrogen and oxygen atoms in total. The summed E-state index contributed by atoms with van der Waals surface area (Å²) in [5.74, 6) is -2.83. The van der Waals surface area contributed by atoms with Gasteiger partial charge in [-0.3, -0.25) is 14.4 Å². The van der Waals surface area contributed by atoms with E-state index in [0.717, 1.165) is 10.7 Å². The van der Waals surface area contributed by atoms with E-state index in [4.69, 9.17) is 0 Å². The van der Waals surface area contributed by atoms with Gasteiger partial charge >= 0.3 is 0 Å². The number of hydrogen-bond acceptors (Lipinski definition) is 7. The molecule has 4 rings (SSSR count). The van der Waals surface area contributed by atoms with Gasteiger partial charge in [-0.15, -0.1) is 0 Å². The second-order valence-corrected chi connectivity index (χ2v) is 12.3. The fourth-order valence-electron chi connectivity index (χ4n) is 5.14. The van der Waals surface area contributed by atoms with Crippen LogP contribution in [0.3, 0.4) is 0 Å². The van der Waals surface area contributed by atoms with Crippen molar-refractivity contribution in [3.05, 3.63) is 65.2 Å². The van der Waals surface area contributed by atoms with E-state index in [0.29, 0.717) is 30.8 Å². The Kier molecular flexibility index (Phi) is 7.70. The Bertz CT molecular complexity index is 1450. The summed E-state index contributed by atoms with van der Waals surface area (Å²) in [6.45, 7) is 2.86. The molecule has 1 spiro atoms. The highest BCUT2D eigenvalue weighted by atomic mass is 32.2. The van der Waals surface area contributed by atoms with Crippen LogP contribution in [0.2, 0.25) is 0 Å². The maximum absolute atomic E-state index is 14.4. The zero-order valence-electron chi connectivity index (χ0n) is 22.8. The number of anilines is 1. The molecule has 0 radical (unpaired) electrons. The van der Waals surface area contributed by atoms with Crippen molar-refractivity contribution in [2.24, 2.45) is 0 Å². The number of ketones is 1. The van der Waals surface area contributed by atoms with Gasteiger partial charge in [0.05, 0.1) is 16.2 Å². The van der Waals surface area contributed by atoms with Crippen molar-refractivity contribution in [2.45, 2.75) is 30.2 Å². The molecule has 2 aliphatic rings. The Morgan fingerprint density at radius 2 is 1.59 bits per heavy atom. The van der Waals surface area contributed by atoms with Gasteiger partial charge in [0.15, 0.2) is 5.54 Å². The number of benzene rings is 2. The maximum Gasteiger partial charge on any atom is 0.296 e. The first kappa shape index (κ1) is 28.5. The number of amides is 2. The first-order chi connectivity index (χ1) is 18.4. The van der Waals surface area contributed by atoms with Crippen molar-refractivity contribution in [2.75, 3.05) is 52.7 Å². The third-order valence-corrected chi connectivity index (χ3v) is 9.05. The molecule has 39 heavy (non-hydrogen) atoms. The van der Waals surface area contributed by atoms with Crippen LogP contribution in [0, 0.1) is 0 Å². The Morgan fingerprint density at radius 3 is 2.18 bits per heavy atom. The summed E-state index contributed by atoms with van der Waals surface area (Å²) in [6.07, 6.45) is 1.54. The summed E-state index contributed by atoms with van der Waals surface area (Å²) in [6, 6.07) is 12.4. The van der Waals surface area contributed by atoms with Gasteiger partial charge in [-0.05, 0) is 50.8 Å². The quantitative estimate of drug-likeness (QED) is 0.287. The molecule has 1 atom stereocenters. The minimum absolute atomic E-state index is 0.00164. The van der Waals surface area contributed by atoms with Crippen molar-refractivity contribution < 1.29 is 27.9 Å². The smallest absolute Gasteiger partial charge is 0.296 e. The molecule has 1 N–H and O–H groups in total. The zero-order chi connectivity index (χ0) is 28.7. The van der Waals surface area contributed by atoms with Gasteiger partial charge in [0, 0.05) is 44.9 Å². The van der Waals surface area contributed by atoms with E-state index in [-0.39, 0.29) is 22.6 Å². The largest absolute Gasteiger partial charge is 0.507 e. The number of likely N-dealkylation sites (tertiary alicyclic amines) is 1. The van der Waals surface area contributed by atoms with Crippen molar-refractivity contribution >= 4 is 39.1 Å². The number of Topliss-reactive ketones (excluding diaryl/α,β-unsaturated/α-hetero) is 1.